The van der Waals surface area contributed by atoms with Crippen molar-refractivity contribution < 1.29 is 14.7 Å². The first-order valence-corrected chi connectivity index (χ1v) is 13.9. The molecule has 1 aliphatic carbocycles. The minimum atomic E-state index is -1.28. The van der Waals surface area contributed by atoms with E-state index in [4.69, 9.17) is 4.99 Å². The number of para-hydroxylation sites is 3. The molecule has 7 nitrogen and oxygen atoms in total. The summed E-state index contributed by atoms with van der Waals surface area (Å²) < 4.78 is 0.167. The molecule has 2 saturated heterocycles. The summed E-state index contributed by atoms with van der Waals surface area (Å²) in [5.41, 5.74) is 2.03. The van der Waals surface area contributed by atoms with E-state index >= 15 is 0 Å². The zero-order valence-corrected chi connectivity index (χ0v) is 21.6. The molecule has 37 heavy (non-hydrogen) atoms. The quantitative estimate of drug-likeness (QED) is 0.630. The number of fused-ring (bicyclic) bond motifs is 3. The van der Waals surface area contributed by atoms with Crippen molar-refractivity contribution in [1.29, 1.82) is 0 Å². The van der Waals surface area contributed by atoms with E-state index in [1.54, 1.807) is 18.2 Å². The number of aromatic carboxylic acids is 1. The van der Waals surface area contributed by atoms with Crippen LogP contribution in [0.3, 0.4) is 0 Å². The molecular formula is C30H36N4O3. The molecule has 4 aliphatic rings. The SMILES string of the molecule is C[N+]1([C@@H]2C[C@@H]3CCC2N3C2CCCCCCC2)C(=O)C(Nc2ccccc2C(=O)[O-])=Nc2ccccc21. The van der Waals surface area contributed by atoms with E-state index in [9.17, 15) is 14.7 Å². The van der Waals surface area contributed by atoms with Crippen LogP contribution >= 0.6 is 0 Å². The number of carbonyl (C=O) groups is 2. The molecule has 4 atom stereocenters. The fourth-order valence-electron chi connectivity index (χ4n) is 7.61. The van der Waals surface area contributed by atoms with Gasteiger partial charge in [0.2, 0.25) is 5.84 Å². The lowest BCUT2D eigenvalue weighted by atomic mass is 9.90. The number of anilines is 1. The largest absolute Gasteiger partial charge is 0.545 e. The van der Waals surface area contributed by atoms with Gasteiger partial charge in [-0.05, 0) is 37.8 Å². The van der Waals surface area contributed by atoms with Gasteiger partial charge in [-0.1, -0.05) is 62.4 Å². The second-order valence-corrected chi connectivity index (χ2v) is 11.3. The third-order valence-corrected chi connectivity index (χ3v) is 9.36. The number of hydrogen-bond donors (Lipinski definition) is 1. The molecular weight excluding hydrogens is 464 g/mol. The monoisotopic (exact) mass is 500 g/mol. The number of nitrogens with one attached hydrogen (secondary N) is 1. The van der Waals surface area contributed by atoms with Crippen molar-refractivity contribution >= 4 is 34.8 Å². The molecule has 3 heterocycles. The first-order chi connectivity index (χ1) is 18.0. The van der Waals surface area contributed by atoms with Gasteiger partial charge in [-0.15, -0.1) is 0 Å². The van der Waals surface area contributed by atoms with Gasteiger partial charge in [-0.25, -0.2) is 14.3 Å². The molecule has 7 heteroatoms. The Bertz CT molecular complexity index is 1230. The van der Waals surface area contributed by atoms with Crippen LogP contribution in [0.15, 0.2) is 53.5 Å². The molecule has 1 amide bonds. The number of carboxylic acid groups (broad SMARTS) is 1. The Hall–Kier alpha value is -3.03. The number of carboxylic acids is 1. The number of nitrogens with zero attached hydrogens (tertiary/aromatic N) is 3. The Kier molecular flexibility index (Phi) is 6.37. The third kappa shape index (κ3) is 4.09. The molecule has 2 aromatic carbocycles. The highest BCUT2D eigenvalue weighted by Crippen LogP contribution is 2.49. The Morgan fingerprint density at radius 2 is 1.65 bits per heavy atom. The summed E-state index contributed by atoms with van der Waals surface area (Å²) >= 11 is 0. The smallest absolute Gasteiger partial charge is 0.386 e. The molecule has 0 aromatic heterocycles. The van der Waals surface area contributed by atoms with Crippen molar-refractivity contribution in [2.45, 2.75) is 88.4 Å². The normalized spacial score (nSPS) is 30.4. The average molecular weight is 501 g/mol. The van der Waals surface area contributed by atoms with Crippen LogP contribution in [-0.2, 0) is 4.79 Å². The van der Waals surface area contributed by atoms with Gasteiger partial charge in [0.25, 0.3) is 0 Å². The maximum Gasteiger partial charge on any atom is 0.386 e. The lowest BCUT2D eigenvalue weighted by Gasteiger charge is -2.43. The topological polar surface area (TPSA) is 84.8 Å². The number of likely N-dealkylation sites (N-methyl/N-ethyl adjacent to an activating group) is 1. The molecule has 0 spiro atoms. The summed E-state index contributed by atoms with van der Waals surface area (Å²) in [5, 5.41) is 14.8. The number of quaternary nitrogens is 1. The number of amidine groups is 1. The Balaban J connectivity index is 1.35. The number of amides is 1. The first-order valence-electron chi connectivity index (χ1n) is 13.9. The summed E-state index contributed by atoms with van der Waals surface area (Å²) in [5.74, 6) is -1.20. The van der Waals surface area contributed by atoms with Gasteiger partial charge < -0.3 is 15.2 Å². The van der Waals surface area contributed by atoms with Crippen LogP contribution in [0, 0.1) is 0 Å². The van der Waals surface area contributed by atoms with E-state index in [1.807, 2.05) is 31.3 Å². The van der Waals surface area contributed by atoms with Crippen LogP contribution in [0.25, 0.3) is 0 Å². The van der Waals surface area contributed by atoms with Crippen molar-refractivity contribution in [2.24, 2.45) is 4.99 Å². The molecule has 6 rings (SSSR count). The Morgan fingerprint density at radius 3 is 2.43 bits per heavy atom. The van der Waals surface area contributed by atoms with E-state index in [0.717, 1.165) is 24.2 Å². The second-order valence-electron chi connectivity index (χ2n) is 11.3. The predicted octanol–water partition coefficient (Wildman–Crippen LogP) is 4.39. The van der Waals surface area contributed by atoms with E-state index in [-0.39, 0.29) is 27.8 Å². The van der Waals surface area contributed by atoms with E-state index in [2.05, 4.69) is 10.2 Å². The number of rotatable bonds is 4. The molecule has 194 valence electrons. The molecule has 2 unspecified atom stereocenters. The Labute approximate surface area is 218 Å². The van der Waals surface area contributed by atoms with Gasteiger partial charge in [0, 0.05) is 35.8 Å². The summed E-state index contributed by atoms with van der Waals surface area (Å²) in [6.45, 7) is 0. The minimum Gasteiger partial charge on any atom is -0.545 e. The zero-order valence-electron chi connectivity index (χ0n) is 21.6. The van der Waals surface area contributed by atoms with Crippen molar-refractivity contribution in [3.63, 3.8) is 0 Å². The third-order valence-electron chi connectivity index (χ3n) is 9.36. The highest BCUT2D eigenvalue weighted by Gasteiger charge is 2.60. The number of hydrogen-bond acceptors (Lipinski definition) is 6. The summed E-state index contributed by atoms with van der Waals surface area (Å²) in [6.07, 6.45) is 12.5. The minimum absolute atomic E-state index is 0.0152. The van der Waals surface area contributed by atoms with Gasteiger partial charge in [0.1, 0.15) is 11.7 Å². The van der Waals surface area contributed by atoms with Gasteiger partial charge in [0.15, 0.2) is 5.69 Å². The maximum absolute atomic E-state index is 14.3. The fraction of sp³-hybridized carbons (Fsp3) is 0.500. The molecule has 1 N–H and O–H groups in total. The molecule has 0 radical (unpaired) electrons. The van der Waals surface area contributed by atoms with Crippen LogP contribution in [-0.4, -0.2) is 53.8 Å². The average Bonchev–Trinajstić information content (AvgIpc) is 3.46. The van der Waals surface area contributed by atoms with Gasteiger partial charge in [-0.2, -0.15) is 0 Å². The number of carbonyl (C=O) groups excluding carboxylic acids is 2. The van der Waals surface area contributed by atoms with Crippen molar-refractivity contribution in [3.8, 4) is 0 Å². The van der Waals surface area contributed by atoms with Crippen molar-refractivity contribution in [2.75, 3.05) is 12.4 Å². The van der Waals surface area contributed by atoms with Gasteiger partial charge in [0.05, 0.1) is 19.1 Å². The van der Waals surface area contributed by atoms with Crippen LogP contribution in [0.5, 0.6) is 0 Å². The van der Waals surface area contributed by atoms with E-state index in [1.165, 1.54) is 57.4 Å². The highest BCUT2D eigenvalue weighted by atomic mass is 16.4. The van der Waals surface area contributed by atoms with E-state index in [0.29, 0.717) is 23.8 Å². The second kappa shape index (κ2) is 9.69. The zero-order chi connectivity index (χ0) is 25.6. The van der Waals surface area contributed by atoms with Crippen LogP contribution in [0.1, 0.15) is 74.6 Å². The fourth-order valence-corrected chi connectivity index (χ4v) is 7.61. The Morgan fingerprint density at radius 1 is 0.946 bits per heavy atom. The standard InChI is InChI=1S/C30H36N4O3/c1-34(27-19-21-17-18-25(27)33(21)20-11-5-3-2-4-6-12-20)26-16-10-9-15-24(26)32-28(29(34)35)31-23-14-8-7-13-22(23)30(36)37/h7-10,13-16,20-21,25,27H,2-6,11-12,17-19H2,1H3,(H-,31,32,36,37)/t21-,25?,27+,34?/m0/s1. The van der Waals surface area contributed by atoms with Crippen LogP contribution in [0.4, 0.5) is 17.1 Å². The molecule has 3 aliphatic heterocycles. The predicted molar refractivity (Wildman–Crippen MR) is 144 cm³/mol. The van der Waals surface area contributed by atoms with Crippen LogP contribution < -0.4 is 14.9 Å². The highest BCUT2D eigenvalue weighted by molar-refractivity contribution is 6.47. The number of aliphatic imine (C=N–C) groups is 1. The van der Waals surface area contributed by atoms with Crippen molar-refractivity contribution in [3.05, 3.63) is 54.1 Å². The lowest BCUT2D eigenvalue weighted by molar-refractivity contribution is -0.254. The molecule has 2 aromatic rings. The maximum atomic E-state index is 14.3. The van der Waals surface area contributed by atoms with E-state index < -0.39 is 5.97 Å². The summed E-state index contributed by atoms with van der Waals surface area (Å²) in [4.78, 5) is 33.6. The van der Waals surface area contributed by atoms with Gasteiger partial charge in [-0.3, -0.25) is 4.90 Å². The molecule has 2 bridgehead atoms. The lowest BCUT2D eigenvalue weighted by Crippen LogP contribution is -2.66. The molecule has 3 fully saturated rings. The van der Waals surface area contributed by atoms with Crippen molar-refractivity contribution in [1.82, 2.24) is 9.38 Å². The number of benzene rings is 2. The summed E-state index contributed by atoms with van der Waals surface area (Å²) in [7, 11) is 2.05. The first kappa shape index (κ1) is 24.3. The van der Waals surface area contributed by atoms with Gasteiger partial charge >= 0.3 is 5.91 Å². The summed E-state index contributed by atoms with van der Waals surface area (Å²) in [6, 6.07) is 16.1. The molecule has 1 saturated carbocycles. The van der Waals surface area contributed by atoms with Crippen LogP contribution in [0.2, 0.25) is 0 Å².